The molecule has 1 fully saturated rings. The van der Waals surface area contributed by atoms with Crippen molar-refractivity contribution in [1.82, 2.24) is 20.7 Å². The molecular weight excluding hydrogens is 388 g/mol. The van der Waals surface area contributed by atoms with Gasteiger partial charge in [-0.05, 0) is 38.8 Å². The van der Waals surface area contributed by atoms with E-state index in [9.17, 15) is 14.4 Å². The van der Waals surface area contributed by atoms with Crippen molar-refractivity contribution in [3.05, 3.63) is 46.8 Å². The van der Waals surface area contributed by atoms with Gasteiger partial charge >= 0.3 is 0 Å². The minimum Gasteiger partial charge on any atom is -0.488 e. The van der Waals surface area contributed by atoms with Crippen molar-refractivity contribution in [2.24, 2.45) is 0 Å². The van der Waals surface area contributed by atoms with Gasteiger partial charge in [-0.3, -0.25) is 14.4 Å². The standard InChI is InChI=1S/C21H26N4O5/c1-13-16(14(2)30-24-13)12-29-18-9-5-4-7-15(18)20(27)23-11-19(26)25-10-6-8-17(25)21(28)22-3/h4-5,7,9,17H,6,8,10-12H2,1-3H3,(H,22,28)(H,23,27). The normalized spacial score (nSPS) is 15.7. The Balaban J connectivity index is 1.62. The molecule has 0 bridgehead atoms. The zero-order valence-electron chi connectivity index (χ0n) is 17.4. The number of aryl methyl sites for hydroxylation is 2. The summed E-state index contributed by atoms with van der Waals surface area (Å²) in [6, 6.07) is 6.33. The molecule has 1 aromatic carbocycles. The quantitative estimate of drug-likeness (QED) is 0.707. The summed E-state index contributed by atoms with van der Waals surface area (Å²) in [7, 11) is 1.55. The summed E-state index contributed by atoms with van der Waals surface area (Å²) in [4.78, 5) is 38.7. The molecular formula is C21H26N4O5. The van der Waals surface area contributed by atoms with E-state index in [0.29, 0.717) is 30.0 Å². The SMILES string of the molecule is CNC(=O)C1CCCN1C(=O)CNC(=O)c1ccccc1OCc1c(C)noc1C. The lowest BCUT2D eigenvalue weighted by Crippen LogP contribution is -2.48. The van der Waals surface area contributed by atoms with E-state index >= 15 is 0 Å². The fraction of sp³-hybridized carbons (Fsp3) is 0.429. The molecule has 2 N–H and O–H groups in total. The van der Waals surface area contributed by atoms with Crippen molar-refractivity contribution in [1.29, 1.82) is 0 Å². The summed E-state index contributed by atoms with van der Waals surface area (Å²) < 4.78 is 11.0. The number of nitrogens with zero attached hydrogens (tertiary/aromatic N) is 2. The molecule has 160 valence electrons. The van der Waals surface area contributed by atoms with Gasteiger partial charge in [-0.15, -0.1) is 0 Å². The van der Waals surface area contributed by atoms with Crippen LogP contribution in [0.1, 0.15) is 40.2 Å². The van der Waals surface area contributed by atoms with Crippen LogP contribution in [0.25, 0.3) is 0 Å². The molecule has 3 rings (SSSR count). The molecule has 2 aromatic rings. The van der Waals surface area contributed by atoms with Crippen LogP contribution < -0.4 is 15.4 Å². The number of hydrogen-bond acceptors (Lipinski definition) is 6. The summed E-state index contributed by atoms with van der Waals surface area (Å²) in [6.07, 6.45) is 1.38. The molecule has 1 unspecified atom stereocenters. The zero-order valence-corrected chi connectivity index (χ0v) is 17.4. The van der Waals surface area contributed by atoms with Crippen molar-refractivity contribution in [2.75, 3.05) is 20.1 Å². The first-order valence-electron chi connectivity index (χ1n) is 9.85. The Hall–Kier alpha value is -3.36. The van der Waals surface area contributed by atoms with Crippen molar-refractivity contribution in [3.63, 3.8) is 0 Å². The third kappa shape index (κ3) is 4.61. The molecule has 9 nitrogen and oxygen atoms in total. The Bertz CT molecular complexity index is 920. The number of para-hydroxylation sites is 1. The van der Waals surface area contributed by atoms with E-state index < -0.39 is 11.9 Å². The lowest BCUT2D eigenvalue weighted by atomic mass is 10.1. The second-order valence-corrected chi connectivity index (χ2v) is 7.13. The summed E-state index contributed by atoms with van der Waals surface area (Å²) >= 11 is 0. The molecule has 3 amide bonds. The van der Waals surface area contributed by atoms with Gasteiger partial charge in [0.15, 0.2) is 0 Å². The van der Waals surface area contributed by atoms with E-state index in [1.54, 1.807) is 38.2 Å². The van der Waals surface area contributed by atoms with Crippen molar-refractivity contribution in [2.45, 2.75) is 39.3 Å². The van der Waals surface area contributed by atoms with E-state index in [0.717, 1.165) is 17.7 Å². The molecule has 2 heterocycles. The maximum atomic E-state index is 12.7. The molecule has 1 aliphatic heterocycles. The number of likely N-dealkylation sites (N-methyl/N-ethyl adjacent to an activating group) is 1. The van der Waals surface area contributed by atoms with Crippen LogP contribution in [0, 0.1) is 13.8 Å². The molecule has 1 aliphatic rings. The minimum atomic E-state index is -0.481. The molecule has 0 saturated carbocycles. The monoisotopic (exact) mass is 414 g/mol. The summed E-state index contributed by atoms with van der Waals surface area (Å²) in [5, 5.41) is 9.10. The number of carbonyl (C=O) groups is 3. The minimum absolute atomic E-state index is 0.190. The third-order valence-corrected chi connectivity index (χ3v) is 5.21. The lowest BCUT2D eigenvalue weighted by Gasteiger charge is -2.23. The molecule has 0 radical (unpaired) electrons. The number of amides is 3. The predicted octanol–water partition coefficient (Wildman–Crippen LogP) is 1.34. The summed E-state index contributed by atoms with van der Waals surface area (Å²) in [5.41, 5.74) is 1.88. The van der Waals surface area contributed by atoms with Crippen LogP contribution in [0.2, 0.25) is 0 Å². The van der Waals surface area contributed by atoms with Gasteiger partial charge in [-0.1, -0.05) is 17.3 Å². The highest BCUT2D eigenvalue weighted by Gasteiger charge is 2.33. The first-order chi connectivity index (χ1) is 14.4. The highest BCUT2D eigenvalue weighted by Crippen LogP contribution is 2.22. The molecule has 1 aromatic heterocycles. The van der Waals surface area contributed by atoms with Gasteiger partial charge in [0.2, 0.25) is 11.8 Å². The number of benzene rings is 1. The Morgan fingerprint density at radius 3 is 2.73 bits per heavy atom. The van der Waals surface area contributed by atoms with Crippen LogP contribution >= 0.6 is 0 Å². The average molecular weight is 414 g/mol. The first-order valence-corrected chi connectivity index (χ1v) is 9.85. The van der Waals surface area contributed by atoms with Crippen molar-refractivity contribution in [3.8, 4) is 5.75 Å². The fourth-order valence-electron chi connectivity index (χ4n) is 3.50. The van der Waals surface area contributed by atoms with Gasteiger partial charge < -0.3 is 24.8 Å². The van der Waals surface area contributed by atoms with Crippen LogP contribution in [0.4, 0.5) is 0 Å². The number of aromatic nitrogens is 1. The number of carbonyl (C=O) groups excluding carboxylic acids is 3. The van der Waals surface area contributed by atoms with Gasteiger partial charge in [0.1, 0.15) is 24.2 Å². The molecule has 1 saturated heterocycles. The van der Waals surface area contributed by atoms with Gasteiger partial charge in [-0.2, -0.15) is 0 Å². The Morgan fingerprint density at radius 1 is 1.27 bits per heavy atom. The van der Waals surface area contributed by atoms with Crippen LogP contribution in [0.5, 0.6) is 5.75 Å². The van der Waals surface area contributed by atoms with Crippen LogP contribution in [-0.2, 0) is 16.2 Å². The van der Waals surface area contributed by atoms with Gasteiger partial charge in [0.05, 0.1) is 23.4 Å². The van der Waals surface area contributed by atoms with Crippen LogP contribution in [-0.4, -0.2) is 54.0 Å². The summed E-state index contributed by atoms with van der Waals surface area (Å²) in [6.45, 7) is 4.15. The third-order valence-electron chi connectivity index (χ3n) is 5.21. The average Bonchev–Trinajstić information content (AvgIpc) is 3.37. The van der Waals surface area contributed by atoms with Crippen molar-refractivity contribution >= 4 is 17.7 Å². The van der Waals surface area contributed by atoms with Gasteiger partial charge in [-0.25, -0.2) is 0 Å². The van der Waals surface area contributed by atoms with E-state index in [-0.39, 0.29) is 25.0 Å². The Kier molecular flexibility index (Phi) is 6.71. The smallest absolute Gasteiger partial charge is 0.255 e. The molecule has 0 aliphatic carbocycles. The van der Waals surface area contributed by atoms with E-state index in [4.69, 9.17) is 9.26 Å². The first kappa shape index (κ1) is 21.4. The highest BCUT2D eigenvalue weighted by molar-refractivity contribution is 5.99. The molecule has 0 spiro atoms. The Morgan fingerprint density at radius 2 is 2.03 bits per heavy atom. The lowest BCUT2D eigenvalue weighted by molar-refractivity contribution is -0.137. The summed E-state index contributed by atoms with van der Waals surface area (Å²) in [5.74, 6) is 0.158. The van der Waals surface area contributed by atoms with Gasteiger partial charge in [0.25, 0.3) is 5.91 Å². The number of ether oxygens (including phenoxy) is 1. The zero-order chi connectivity index (χ0) is 21.7. The maximum absolute atomic E-state index is 12.7. The van der Waals surface area contributed by atoms with Crippen LogP contribution in [0.3, 0.4) is 0 Å². The highest BCUT2D eigenvalue weighted by atomic mass is 16.5. The van der Waals surface area contributed by atoms with Crippen LogP contribution in [0.15, 0.2) is 28.8 Å². The number of rotatable bonds is 7. The fourth-order valence-corrected chi connectivity index (χ4v) is 3.50. The van der Waals surface area contributed by atoms with E-state index in [2.05, 4.69) is 15.8 Å². The number of hydrogen-bond donors (Lipinski definition) is 2. The molecule has 30 heavy (non-hydrogen) atoms. The maximum Gasteiger partial charge on any atom is 0.255 e. The number of likely N-dealkylation sites (tertiary alicyclic amines) is 1. The Labute approximate surface area is 174 Å². The second kappa shape index (κ2) is 9.43. The number of nitrogens with one attached hydrogen (secondary N) is 2. The molecule has 1 atom stereocenters. The van der Waals surface area contributed by atoms with Crippen molar-refractivity contribution < 1.29 is 23.6 Å². The van der Waals surface area contributed by atoms with E-state index in [1.807, 2.05) is 6.92 Å². The van der Waals surface area contributed by atoms with E-state index in [1.165, 1.54) is 4.90 Å². The predicted molar refractivity (Wildman–Crippen MR) is 108 cm³/mol. The topological polar surface area (TPSA) is 114 Å². The largest absolute Gasteiger partial charge is 0.488 e. The second-order valence-electron chi connectivity index (χ2n) is 7.13. The molecule has 9 heteroatoms. The van der Waals surface area contributed by atoms with Gasteiger partial charge in [0, 0.05) is 13.6 Å².